The molecule has 0 aromatic carbocycles. The van der Waals surface area contributed by atoms with Gasteiger partial charge in [0.2, 0.25) is 0 Å². The number of carbonyl (C=O) groups is 1. The lowest BCUT2D eigenvalue weighted by atomic mass is 10.2. The van der Waals surface area contributed by atoms with E-state index in [0.29, 0.717) is 0 Å². The van der Waals surface area contributed by atoms with E-state index in [4.69, 9.17) is 9.52 Å². The minimum Gasteiger partial charge on any atom is -0.479 e. The van der Waals surface area contributed by atoms with E-state index in [1.165, 1.54) is 11.8 Å². The first-order chi connectivity index (χ1) is 6.27. The lowest BCUT2D eigenvalue weighted by Crippen LogP contribution is -2.30. The Kier molecular flexibility index (Phi) is 2.28. The zero-order chi connectivity index (χ0) is 9.26. The Balaban J connectivity index is 2.03. The van der Waals surface area contributed by atoms with Crippen LogP contribution in [-0.2, 0) is 4.79 Å². The van der Waals surface area contributed by atoms with Crippen LogP contribution in [0.15, 0.2) is 23.0 Å². The van der Waals surface area contributed by atoms with Crippen LogP contribution in [0.5, 0.6) is 0 Å². The SMILES string of the molecule is O=C(O)[C@@H]1N[C@@H](c2ccoc2)CS1. The third-order valence-electron chi connectivity index (χ3n) is 1.95. The van der Waals surface area contributed by atoms with Crippen molar-refractivity contribution >= 4 is 17.7 Å². The summed E-state index contributed by atoms with van der Waals surface area (Å²) in [5.41, 5.74) is 1.01. The maximum Gasteiger partial charge on any atom is 0.331 e. The number of carboxylic acids is 1. The van der Waals surface area contributed by atoms with Crippen molar-refractivity contribution in [3.63, 3.8) is 0 Å². The molecule has 13 heavy (non-hydrogen) atoms. The van der Waals surface area contributed by atoms with Gasteiger partial charge in [0.25, 0.3) is 0 Å². The van der Waals surface area contributed by atoms with Crippen LogP contribution in [0.2, 0.25) is 0 Å². The van der Waals surface area contributed by atoms with Crippen LogP contribution in [0.1, 0.15) is 11.6 Å². The topological polar surface area (TPSA) is 62.5 Å². The molecule has 1 saturated heterocycles. The summed E-state index contributed by atoms with van der Waals surface area (Å²) in [7, 11) is 0. The van der Waals surface area contributed by atoms with Gasteiger partial charge in [0.15, 0.2) is 5.37 Å². The predicted octanol–water partition coefficient (Wildman–Crippen LogP) is 1.07. The lowest BCUT2D eigenvalue weighted by Gasteiger charge is -2.07. The van der Waals surface area contributed by atoms with Crippen LogP contribution in [0.4, 0.5) is 0 Å². The predicted molar refractivity (Wildman–Crippen MR) is 48.5 cm³/mol. The number of carboxylic acid groups (broad SMARTS) is 1. The molecule has 1 aromatic rings. The molecule has 2 atom stereocenters. The Labute approximate surface area is 79.3 Å². The highest BCUT2D eigenvalue weighted by Crippen LogP contribution is 2.29. The fourth-order valence-electron chi connectivity index (χ4n) is 1.28. The van der Waals surface area contributed by atoms with Crippen molar-refractivity contribution in [3.05, 3.63) is 24.2 Å². The number of nitrogens with one attached hydrogen (secondary N) is 1. The molecule has 1 fully saturated rings. The second-order valence-corrected chi connectivity index (χ2v) is 3.97. The smallest absolute Gasteiger partial charge is 0.331 e. The van der Waals surface area contributed by atoms with E-state index in [9.17, 15) is 4.79 Å². The third kappa shape index (κ3) is 1.71. The first-order valence-electron chi connectivity index (χ1n) is 3.90. The van der Waals surface area contributed by atoms with Gasteiger partial charge in [-0.2, -0.15) is 0 Å². The Hall–Kier alpha value is -0.940. The molecule has 0 saturated carbocycles. The molecule has 1 aliphatic heterocycles. The summed E-state index contributed by atoms with van der Waals surface area (Å²) in [5.74, 6) is -0.0350. The highest BCUT2D eigenvalue weighted by molar-refractivity contribution is 8.00. The third-order valence-corrected chi connectivity index (χ3v) is 3.15. The molecule has 70 valence electrons. The Morgan fingerprint density at radius 1 is 1.77 bits per heavy atom. The van der Waals surface area contributed by atoms with Gasteiger partial charge in [-0.3, -0.25) is 5.32 Å². The number of hydrogen-bond donors (Lipinski definition) is 2. The number of hydrogen-bond acceptors (Lipinski definition) is 4. The average molecular weight is 199 g/mol. The monoisotopic (exact) mass is 199 g/mol. The van der Waals surface area contributed by atoms with Crippen molar-refractivity contribution in [3.8, 4) is 0 Å². The molecule has 5 heteroatoms. The van der Waals surface area contributed by atoms with E-state index < -0.39 is 11.3 Å². The highest BCUT2D eigenvalue weighted by atomic mass is 32.2. The van der Waals surface area contributed by atoms with E-state index in [0.717, 1.165) is 11.3 Å². The van der Waals surface area contributed by atoms with Crippen LogP contribution in [0.3, 0.4) is 0 Å². The molecular formula is C8H9NO3S. The lowest BCUT2D eigenvalue weighted by molar-refractivity contribution is -0.137. The zero-order valence-corrected chi connectivity index (χ0v) is 7.58. The van der Waals surface area contributed by atoms with Gasteiger partial charge in [0, 0.05) is 17.4 Å². The van der Waals surface area contributed by atoms with Crippen molar-refractivity contribution < 1.29 is 14.3 Å². The number of aliphatic carboxylic acids is 1. The van der Waals surface area contributed by atoms with Gasteiger partial charge in [0.1, 0.15) is 0 Å². The quantitative estimate of drug-likeness (QED) is 0.746. The molecule has 2 N–H and O–H groups in total. The first kappa shape index (κ1) is 8.65. The zero-order valence-electron chi connectivity index (χ0n) is 6.77. The van der Waals surface area contributed by atoms with Crippen molar-refractivity contribution in [2.75, 3.05) is 5.75 Å². The van der Waals surface area contributed by atoms with Crippen LogP contribution in [0.25, 0.3) is 0 Å². The van der Waals surface area contributed by atoms with Crippen molar-refractivity contribution in [2.24, 2.45) is 0 Å². The molecule has 1 aliphatic rings. The molecule has 1 aromatic heterocycles. The van der Waals surface area contributed by atoms with Gasteiger partial charge >= 0.3 is 5.97 Å². The minimum absolute atomic E-state index is 0.102. The van der Waals surface area contributed by atoms with Gasteiger partial charge in [0.05, 0.1) is 12.5 Å². The van der Waals surface area contributed by atoms with Gasteiger partial charge in [-0.1, -0.05) is 0 Å². The van der Waals surface area contributed by atoms with Crippen molar-refractivity contribution in [2.45, 2.75) is 11.4 Å². The molecule has 0 spiro atoms. The van der Waals surface area contributed by atoms with Crippen molar-refractivity contribution in [1.29, 1.82) is 0 Å². The summed E-state index contributed by atoms with van der Waals surface area (Å²) in [6, 6.07) is 1.95. The van der Waals surface area contributed by atoms with Crippen LogP contribution in [-0.4, -0.2) is 22.2 Å². The summed E-state index contributed by atoms with van der Waals surface area (Å²) in [6.45, 7) is 0. The summed E-state index contributed by atoms with van der Waals surface area (Å²) in [4.78, 5) is 10.6. The van der Waals surface area contributed by atoms with Crippen LogP contribution < -0.4 is 5.32 Å². The molecule has 0 unspecified atom stereocenters. The molecule has 2 rings (SSSR count). The number of rotatable bonds is 2. The molecule has 0 bridgehead atoms. The molecule has 4 nitrogen and oxygen atoms in total. The molecule has 0 radical (unpaired) electrons. The molecule has 0 amide bonds. The maximum atomic E-state index is 10.6. The Morgan fingerprint density at radius 2 is 2.62 bits per heavy atom. The van der Waals surface area contributed by atoms with Crippen LogP contribution in [0, 0.1) is 0 Å². The largest absolute Gasteiger partial charge is 0.479 e. The van der Waals surface area contributed by atoms with E-state index >= 15 is 0 Å². The summed E-state index contributed by atoms with van der Waals surface area (Å²) in [6.07, 6.45) is 3.23. The summed E-state index contributed by atoms with van der Waals surface area (Å²) < 4.78 is 4.93. The first-order valence-corrected chi connectivity index (χ1v) is 4.95. The second-order valence-electron chi connectivity index (χ2n) is 2.83. The van der Waals surface area contributed by atoms with Gasteiger partial charge in [-0.25, -0.2) is 4.79 Å². The van der Waals surface area contributed by atoms with Gasteiger partial charge in [-0.05, 0) is 6.07 Å². The van der Waals surface area contributed by atoms with E-state index in [-0.39, 0.29) is 6.04 Å². The number of furan rings is 1. The number of thioether (sulfide) groups is 1. The molecule has 0 aliphatic carbocycles. The van der Waals surface area contributed by atoms with E-state index in [1.54, 1.807) is 12.5 Å². The normalized spacial score (nSPS) is 27.7. The van der Waals surface area contributed by atoms with E-state index in [2.05, 4.69) is 5.32 Å². The van der Waals surface area contributed by atoms with Gasteiger partial charge < -0.3 is 9.52 Å². The molecular weight excluding hydrogens is 190 g/mol. The van der Waals surface area contributed by atoms with E-state index in [1.807, 2.05) is 6.07 Å². The van der Waals surface area contributed by atoms with Crippen molar-refractivity contribution in [1.82, 2.24) is 5.32 Å². The second kappa shape index (κ2) is 3.43. The fraction of sp³-hybridized carbons (Fsp3) is 0.375. The van der Waals surface area contributed by atoms with Gasteiger partial charge in [-0.15, -0.1) is 11.8 Å². The Bertz CT molecular complexity index is 298. The minimum atomic E-state index is -0.809. The Morgan fingerprint density at radius 3 is 3.15 bits per heavy atom. The average Bonchev–Trinajstić information content (AvgIpc) is 2.75. The maximum absolute atomic E-state index is 10.6. The summed E-state index contributed by atoms with van der Waals surface area (Å²) >= 11 is 1.40. The molecule has 2 heterocycles. The van der Waals surface area contributed by atoms with Crippen LogP contribution >= 0.6 is 11.8 Å². The highest BCUT2D eigenvalue weighted by Gasteiger charge is 2.30. The summed E-state index contributed by atoms with van der Waals surface area (Å²) in [5, 5.41) is 11.2. The fourth-order valence-corrected chi connectivity index (χ4v) is 2.36. The standard InChI is InChI=1S/C8H9NO3S/c10-8(11)7-9-6(4-13-7)5-1-2-12-3-5/h1-3,6-7,9H,4H2,(H,10,11)/t6-,7-/m1/s1.